The molecule has 6 heteroatoms. The molecule has 0 unspecified atom stereocenters. The van der Waals surface area contributed by atoms with Crippen molar-refractivity contribution >= 4 is 5.91 Å². The van der Waals surface area contributed by atoms with Crippen LogP contribution < -0.4 is 5.32 Å². The number of rotatable bonds is 7. The van der Waals surface area contributed by atoms with Crippen molar-refractivity contribution in [3.8, 4) is 0 Å². The summed E-state index contributed by atoms with van der Waals surface area (Å²) < 4.78 is 7.45. The minimum Gasteiger partial charge on any atom is -0.381 e. The summed E-state index contributed by atoms with van der Waals surface area (Å²) >= 11 is 0. The van der Waals surface area contributed by atoms with Crippen molar-refractivity contribution in [3.63, 3.8) is 0 Å². The summed E-state index contributed by atoms with van der Waals surface area (Å²) in [4.78, 5) is 14.8. The smallest absolute Gasteiger partial charge is 0.221 e. The van der Waals surface area contributed by atoms with Gasteiger partial charge in [0.05, 0.1) is 0 Å². The van der Waals surface area contributed by atoms with Crippen LogP contribution in [0.4, 0.5) is 0 Å². The van der Waals surface area contributed by atoms with E-state index < -0.39 is 0 Å². The highest BCUT2D eigenvalue weighted by Crippen LogP contribution is 2.32. The molecular weight excluding hydrogens is 304 g/mol. The number of hydrogen-bond donors (Lipinski definition) is 1. The van der Waals surface area contributed by atoms with Crippen LogP contribution in [-0.2, 0) is 16.1 Å². The van der Waals surface area contributed by atoms with E-state index in [9.17, 15) is 4.79 Å². The molecule has 0 aromatic carbocycles. The Bertz CT molecular complexity index is 531. The quantitative estimate of drug-likeness (QED) is 0.823. The van der Waals surface area contributed by atoms with E-state index in [-0.39, 0.29) is 11.3 Å². The fourth-order valence-corrected chi connectivity index (χ4v) is 3.83. The van der Waals surface area contributed by atoms with Gasteiger partial charge in [-0.15, -0.1) is 0 Å². The van der Waals surface area contributed by atoms with Gasteiger partial charge in [-0.2, -0.15) is 5.10 Å². The predicted molar refractivity (Wildman–Crippen MR) is 92.8 cm³/mol. The third-order valence-corrected chi connectivity index (χ3v) is 5.45. The molecule has 3 rings (SSSR count). The highest BCUT2D eigenvalue weighted by molar-refractivity contribution is 5.75. The molecule has 0 bridgehead atoms. The van der Waals surface area contributed by atoms with Crippen molar-refractivity contribution in [2.24, 2.45) is 5.41 Å². The summed E-state index contributed by atoms with van der Waals surface area (Å²) in [6.45, 7) is 8.56. The summed E-state index contributed by atoms with van der Waals surface area (Å²) in [5, 5.41) is 7.42. The van der Waals surface area contributed by atoms with Gasteiger partial charge < -0.3 is 15.0 Å². The van der Waals surface area contributed by atoms with Gasteiger partial charge in [0.1, 0.15) is 0 Å². The van der Waals surface area contributed by atoms with Crippen LogP contribution >= 0.6 is 0 Å². The number of hydrogen-bond acceptors (Lipinski definition) is 4. The molecule has 1 N–H and O–H groups in total. The van der Waals surface area contributed by atoms with Crippen LogP contribution in [0.25, 0.3) is 0 Å². The van der Waals surface area contributed by atoms with Crippen molar-refractivity contribution in [2.75, 3.05) is 39.4 Å². The van der Waals surface area contributed by atoms with Crippen molar-refractivity contribution in [1.82, 2.24) is 20.0 Å². The summed E-state index contributed by atoms with van der Waals surface area (Å²) in [5.41, 5.74) is 1.28. The van der Waals surface area contributed by atoms with Gasteiger partial charge in [0.15, 0.2) is 0 Å². The lowest BCUT2D eigenvalue weighted by Crippen LogP contribution is -2.48. The first-order valence-corrected chi connectivity index (χ1v) is 9.22. The van der Waals surface area contributed by atoms with E-state index >= 15 is 0 Å². The fourth-order valence-electron chi connectivity index (χ4n) is 3.83. The van der Waals surface area contributed by atoms with Crippen molar-refractivity contribution in [1.29, 1.82) is 0 Å². The van der Waals surface area contributed by atoms with E-state index in [0.29, 0.717) is 13.0 Å². The first-order valence-electron chi connectivity index (χ1n) is 9.22. The molecule has 134 valence electrons. The Morgan fingerprint density at radius 3 is 2.75 bits per heavy atom. The Balaban J connectivity index is 1.49. The first kappa shape index (κ1) is 17.4. The molecule has 2 aliphatic rings. The molecule has 0 radical (unpaired) electrons. The Kier molecular flexibility index (Phi) is 5.89. The second-order valence-corrected chi connectivity index (χ2v) is 7.32. The molecule has 1 aromatic heterocycles. The molecule has 6 nitrogen and oxygen atoms in total. The van der Waals surface area contributed by atoms with Gasteiger partial charge in [-0.05, 0) is 51.8 Å². The number of nitrogens with one attached hydrogen (secondary N) is 1. The van der Waals surface area contributed by atoms with Crippen LogP contribution in [0.15, 0.2) is 12.3 Å². The molecular formula is C18H30N4O2. The second kappa shape index (κ2) is 8.12. The maximum absolute atomic E-state index is 12.3. The molecule has 2 fully saturated rings. The van der Waals surface area contributed by atoms with Gasteiger partial charge in [-0.3, -0.25) is 9.48 Å². The van der Waals surface area contributed by atoms with Gasteiger partial charge >= 0.3 is 0 Å². The average Bonchev–Trinajstić information content (AvgIpc) is 3.24. The minimum absolute atomic E-state index is 0.122. The third-order valence-electron chi connectivity index (χ3n) is 5.45. The van der Waals surface area contributed by atoms with Crippen LogP contribution in [0.3, 0.4) is 0 Å². The van der Waals surface area contributed by atoms with E-state index in [1.807, 2.05) is 17.7 Å². The summed E-state index contributed by atoms with van der Waals surface area (Å²) in [6, 6.07) is 1.96. The molecule has 0 saturated carbocycles. The molecule has 1 amide bonds. The highest BCUT2D eigenvalue weighted by atomic mass is 16.5. The van der Waals surface area contributed by atoms with E-state index in [2.05, 4.69) is 15.3 Å². The van der Waals surface area contributed by atoms with Crippen LogP contribution in [0.1, 0.15) is 37.8 Å². The van der Waals surface area contributed by atoms with Crippen LogP contribution in [0.2, 0.25) is 0 Å². The lowest BCUT2D eigenvalue weighted by molar-refractivity contribution is -0.122. The van der Waals surface area contributed by atoms with E-state index in [0.717, 1.165) is 44.8 Å². The fraction of sp³-hybridized carbons (Fsp3) is 0.778. The van der Waals surface area contributed by atoms with E-state index in [1.54, 1.807) is 6.20 Å². The van der Waals surface area contributed by atoms with Gasteiger partial charge in [-0.25, -0.2) is 0 Å². The Morgan fingerprint density at radius 1 is 1.33 bits per heavy atom. The van der Waals surface area contributed by atoms with Crippen molar-refractivity contribution in [2.45, 2.75) is 45.6 Å². The van der Waals surface area contributed by atoms with E-state index in [4.69, 9.17) is 4.74 Å². The average molecular weight is 334 g/mol. The number of amides is 1. The zero-order valence-electron chi connectivity index (χ0n) is 14.8. The minimum atomic E-state index is 0.122. The monoisotopic (exact) mass is 334 g/mol. The summed E-state index contributed by atoms with van der Waals surface area (Å²) in [7, 11) is 0. The van der Waals surface area contributed by atoms with Gasteiger partial charge in [0.2, 0.25) is 5.91 Å². The Morgan fingerprint density at radius 2 is 2.08 bits per heavy atom. The molecule has 0 spiro atoms. The zero-order valence-corrected chi connectivity index (χ0v) is 14.8. The van der Waals surface area contributed by atoms with Crippen LogP contribution in [0, 0.1) is 12.3 Å². The number of likely N-dealkylation sites (tertiary alicyclic amines) is 1. The van der Waals surface area contributed by atoms with Gasteiger partial charge in [-0.1, -0.05) is 0 Å². The van der Waals surface area contributed by atoms with Gasteiger partial charge in [0.25, 0.3) is 0 Å². The Hall–Kier alpha value is -1.40. The molecule has 0 aliphatic carbocycles. The summed E-state index contributed by atoms with van der Waals surface area (Å²) in [6.07, 6.45) is 6.97. The van der Waals surface area contributed by atoms with Crippen molar-refractivity contribution < 1.29 is 9.53 Å². The molecule has 1 aromatic rings. The normalized spacial score (nSPS) is 21.0. The standard InChI is InChI=1S/C18H30N4O2/c1-16-4-8-20-22(16)11-5-17(23)19-14-18(6-12-24-13-7-18)15-21-9-2-3-10-21/h4,8H,2-3,5-7,9-15H2,1H3,(H,19,23). The highest BCUT2D eigenvalue weighted by Gasteiger charge is 2.35. The lowest BCUT2D eigenvalue weighted by atomic mass is 9.79. The van der Waals surface area contributed by atoms with Gasteiger partial charge in [0, 0.05) is 56.6 Å². The third kappa shape index (κ3) is 4.57. The number of carbonyl (C=O) groups excluding carboxylic acids is 1. The predicted octanol–water partition coefficient (Wildman–Crippen LogP) is 1.59. The molecule has 2 saturated heterocycles. The number of aryl methyl sites for hydroxylation is 2. The maximum atomic E-state index is 12.3. The zero-order chi connectivity index (χ0) is 16.8. The maximum Gasteiger partial charge on any atom is 0.221 e. The molecule has 0 atom stereocenters. The molecule has 24 heavy (non-hydrogen) atoms. The number of carbonyl (C=O) groups is 1. The number of ether oxygens (including phenoxy) is 1. The lowest BCUT2D eigenvalue weighted by Gasteiger charge is -2.40. The SMILES string of the molecule is Cc1ccnn1CCC(=O)NCC1(CN2CCCC2)CCOCC1. The largest absolute Gasteiger partial charge is 0.381 e. The number of aromatic nitrogens is 2. The Labute approximate surface area is 144 Å². The van der Waals surface area contributed by atoms with Crippen LogP contribution in [-0.4, -0.2) is 60.0 Å². The van der Waals surface area contributed by atoms with Crippen molar-refractivity contribution in [3.05, 3.63) is 18.0 Å². The molecule has 3 heterocycles. The summed E-state index contributed by atoms with van der Waals surface area (Å²) in [5.74, 6) is 0.122. The van der Waals surface area contributed by atoms with Crippen LogP contribution in [0.5, 0.6) is 0 Å². The first-order chi connectivity index (χ1) is 11.7. The number of nitrogens with zero attached hydrogens (tertiary/aromatic N) is 3. The topological polar surface area (TPSA) is 59.4 Å². The molecule has 2 aliphatic heterocycles. The second-order valence-electron chi connectivity index (χ2n) is 7.32. The van der Waals surface area contributed by atoms with E-state index in [1.165, 1.54) is 25.9 Å².